The van der Waals surface area contributed by atoms with Crippen LogP contribution in [-0.4, -0.2) is 22.3 Å². The number of thiocarbonyl (C=S) groups is 1. The molecule has 0 saturated heterocycles. The molecular weight excluding hydrogens is 330 g/mol. The standard InChI is InChI=1S/C16H17N3O2S2/c1-12-7-8-13(19(20)21)11-15(12)18-16(22)17-9-10-23-14-5-3-2-4-6-14/h2-8,11H,9-10H2,1H3,(H2,17,18,22). The number of nitrogens with zero attached hydrogens (tertiary/aromatic N) is 1. The second-order valence-corrected chi connectivity index (χ2v) is 6.38. The Morgan fingerprint density at radius 3 is 2.70 bits per heavy atom. The van der Waals surface area contributed by atoms with Crippen molar-refractivity contribution in [2.24, 2.45) is 0 Å². The SMILES string of the molecule is Cc1ccc([N+](=O)[O-])cc1NC(=S)NCCSc1ccccc1. The summed E-state index contributed by atoms with van der Waals surface area (Å²) in [5.74, 6) is 0.875. The first kappa shape index (κ1) is 17.2. The van der Waals surface area contributed by atoms with Gasteiger partial charge in [0, 0.05) is 35.0 Å². The van der Waals surface area contributed by atoms with E-state index in [0.717, 1.165) is 11.3 Å². The van der Waals surface area contributed by atoms with Gasteiger partial charge >= 0.3 is 0 Å². The van der Waals surface area contributed by atoms with Crippen molar-refractivity contribution in [2.75, 3.05) is 17.6 Å². The molecule has 0 aliphatic carbocycles. The van der Waals surface area contributed by atoms with E-state index in [1.54, 1.807) is 17.8 Å². The van der Waals surface area contributed by atoms with E-state index in [2.05, 4.69) is 22.8 Å². The molecule has 0 heterocycles. The van der Waals surface area contributed by atoms with Crippen molar-refractivity contribution >= 4 is 40.5 Å². The van der Waals surface area contributed by atoms with Gasteiger partial charge in [-0.2, -0.15) is 0 Å². The zero-order valence-electron chi connectivity index (χ0n) is 12.6. The lowest BCUT2D eigenvalue weighted by molar-refractivity contribution is -0.384. The average Bonchev–Trinajstić information content (AvgIpc) is 2.54. The molecule has 120 valence electrons. The Hall–Kier alpha value is -2.12. The summed E-state index contributed by atoms with van der Waals surface area (Å²) in [6.45, 7) is 2.58. The van der Waals surface area contributed by atoms with Gasteiger partial charge in [-0.3, -0.25) is 10.1 Å². The zero-order chi connectivity index (χ0) is 16.7. The first-order valence-corrected chi connectivity index (χ1v) is 8.43. The number of hydrogen-bond donors (Lipinski definition) is 2. The van der Waals surface area contributed by atoms with Crippen LogP contribution in [0.1, 0.15) is 5.56 Å². The molecule has 0 aromatic heterocycles. The van der Waals surface area contributed by atoms with Gasteiger partial charge in [0.2, 0.25) is 0 Å². The van der Waals surface area contributed by atoms with Crippen LogP contribution in [-0.2, 0) is 0 Å². The number of nitrogens with one attached hydrogen (secondary N) is 2. The Bertz CT molecular complexity index is 693. The summed E-state index contributed by atoms with van der Waals surface area (Å²) in [6, 6.07) is 14.8. The second kappa shape index (κ2) is 8.50. The Morgan fingerprint density at radius 1 is 1.26 bits per heavy atom. The molecule has 2 aromatic carbocycles. The molecule has 0 saturated carbocycles. The van der Waals surface area contributed by atoms with E-state index in [9.17, 15) is 10.1 Å². The van der Waals surface area contributed by atoms with Crippen LogP contribution in [0.2, 0.25) is 0 Å². The summed E-state index contributed by atoms with van der Waals surface area (Å²) < 4.78 is 0. The molecule has 0 aliphatic rings. The molecule has 5 nitrogen and oxygen atoms in total. The van der Waals surface area contributed by atoms with E-state index in [1.807, 2.05) is 25.1 Å². The van der Waals surface area contributed by atoms with Crippen molar-refractivity contribution in [2.45, 2.75) is 11.8 Å². The molecule has 2 N–H and O–H groups in total. The predicted octanol–water partition coefficient (Wildman–Crippen LogP) is 3.98. The van der Waals surface area contributed by atoms with E-state index in [-0.39, 0.29) is 5.69 Å². The molecule has 0 unspecified atom stereocenters. The summed E-state index contributed by atoms with van der Waals surface area (Å²) in [6.07, 6.45) is 0. The van der Waals surface area contributed by atoms with Crippen molar-refractivity contribution in [1.82, 2.24) is 5.32 Å². The summed E-state index contributed by atoms with van der Waals surface area (Å²) >= 11 is 6.97. The fourth-order valence-electron chi connectivity index (χ4n) is 1.87. The Labute approximate surface area is 144 Å². The quantitative estimate of drug-likeness (QED) is 0.271. The zero-order valence-corrected chi connectivity index (χ0v) is 14.2. The van der Waals surface area contributed by atoms with Gasteiger partial charge in [0.1, 0.15) is 0 Å². The fraction of sp³-hybridized carbons (Fsp3) is 0.188. The number of anilines is 1. The van der Waals surface area contributed by atoms with E-state index < -0.39 is 4.92 Å². The number of hydrogen-bond acceptors (Lipinski definition) is 4. The van der Waals surface area contributed by atoms with E-state index in [1.165, 1.54) is 17.0 Å². The number of thioether (sulfide) groups is 1. The Balaban J connectivity index is 1.81. The monoisotopic (exact) mass is 347 g/mol. The molecule has 0 spiro atoms. The third-order valence-corrected chi connectivity index (χ3v) is 4.34. The fourth-order valence-corrected chi connectivity index (χ4v) is 2.88. The second-order valence-electron chi connectivity index (χ2n) is 4.80. The van der Waals surface area contributed by atoms with Crippen molar-refractivity contribution in [1.29, 1.82) is 0 Å². The van der Waals surface area contributed by atoms with Crippen molar-refractivity contribution < 1.29 is 4.92 Å². The lowest BCUT2D eigenvalue weighted by Crippen LogP contribution is -2.30. The van der Waals surface area contributed by atoms with Crippen LogP contribution in [0.25, 0.3) is 0 Å². The maximum atomic E-state index is 10.8. The van der Waals surface area contributed by atoms with Crippen LogP contribution in [0.15, 0.2) is 53.4 Å². The van der Waals surface area contributed by atoms with Crippen molar-refractivity contribution in [3.05, 3.63) is 64.2 Å². The first-order chi connectivity index (χ1) is 11.1. The lowest BCUT2D eigenvalue weighted by atomic mass is 10.2. The summed E-state index contributed by atoms with van der Waals surface area (Å²) in [7, 11) is 0. The van der Waals surface area contributed by atoms with Crippen LogP contribution < -0.4 is 10.6 Å². The molecule has 2 aromatic rings. The predicted molar refractivity (Wildman–Crippen MR) is 99.2 cm³/mol. The van der Waals surface area contributed by atoms with Crippen LogP contribution in [0.5, 0.6) is 0 Å². The minimum atomic E-state index is -0.419. The third kappa shape index (κ3) is 5.54. The van der Waals surface area contributed by atoms with E-state index in [0.29, 0.717) is 17.3 Å². The molecule has 0 atom stereocenters. The lowest BCUT2D eigenvalue weighted by Gasteiger charge is -2.12. The molecular formula is C16H17N3O2S2. The highest BCUT2D eigenvalue weighted by Crippen LogP contribution is 2.21. The van der Waals surface area contributed by atoms with Gasteiger partial charge in [-0.05, 0) is 36.8 Å². The highest BCUT2D eigenvalue weighted by atomic mass is 32.2. The minimum absolute atomic E-state index is 0.0422. The summed E-state index contributed by atoms with van der Waals surface area (Å²) in [4.78, 5) is 11.6. The normalized spacial score (nSPS) is 10.1. The number of benzene rings is 2. The van der Waals surface area contributed by atoms with Gasteiger partial charge in [-0.1, -0.05) is 24.3 Å². The largest absolute Gasteiger partial charge is 0.362 e. The Morgan fingerprint density at radius 2 is 2.00 bits per heavy atom. The Kier molecular flexibility index (Phi) is 6.37. The number of aryl methyl sites for hydroxylation is 1. The summed E-state index contributed by atoms with van der Waals surface area (Å²) in [5, 5.41) is 17.4. The molecule has 0 fully saturated rings. The van der Waals surface area contributed by atoms with Gasteiger partial charge in [-0.15, -0.1) is 11.8 Å². The minimum Gasteiger partial charge on any atom is -0.362 e. The molecule has 0 amide bonds. The van der Waals surface area contributed by atoms with Crippen LogP contribution in [0.3, 0.4) is 0 Å². The number of nitro benzene ring substituents is 1. The molecule has 2 rings (SSSR count). The van der Waals surface area contributed by atoms with Crippen LogP contribution >= 0.6 is 24.0 Å². The van der Waals surface area contributed by atoms with E-state index in [4.69, 9.17) is 12.2 Å². The molecule has 23 heavy (non-hydrogen) atoms. The van der Waals surface area contributed by atoms with Gasteiger partial charge in [0.05, 0.1) is 4.92 Å². The number of nitro groups is 1. The highest BCUT2D eigenvalue weighted by Gasteiger charge is 2.09. The topological polar surface area (TPSA) is 67.2 Å². The highest BCUT2D eigenvalue weighted by molar-refractivity contribution is 7.99. The third-order valence-electron chi connectivity index (χ3n) is 3.08. The van der Waals surface area contributed by atoms with Gasteiger partial charge in [0.25, 0.3) is 5.69 Å². The maximum absolute atomic E-state index is 10.8. The van der Waals surface area contributed by atoms with Crippen LogP contribution in [0.4, 0.5) is 11.4 Å². The number of non-ortho nitro benzene ring substituents is 1. The number of rotatable bonds is 6. The average molecular weight is 347 g/mol. The van der Waals surface area contributed by atoms with E-state index >= 15 is 0 Å². The van der Waals surface area contributed by atoms with Gasteiger partial charge in [-0.25, -0.2) is 0 Å². The van der Waals surface area contributed by atoms with Crippen LogP contribution in [0, 0.1) is 17.0 Å². The van der Waals surface area contributed by atoms with Crippen molar-refractivity contribution in [3.8, 4) is 0 Å². The summed E-state index contributed by atoms with van der Waals surface area (Å²) in [5.41, 5.74) is 1.59. The maximum Gasteiger partial charge on any atom is 0.271 e. The van der Waals surface area contributed by atoms with Gasteiger partial charge in [0.15, 0.2) is 5.11 Å². The molecule has 0 aliphatic heterocycles. The van der Waals surface area contributed by atoms with Crippen molar-refractivity contribution in [3.63, 3.8) is 0 Å². The van der Waals surface area contributed by atoms with Gasteiger partial charge < -0.3 is 10.6 Å². The molecule has 0 radical (unpaired) electrons. The smallest absolute Gasteiger partial charge is 0.271 e. The molecule has 0 bridgehead atoms. The molecule has 7 heteroatoms. The first-order valence-electron chi connectivity index (χ1n) is 7.04.